The Bertz CT molecular complexity index is 718. The molecule has 4 heteroatoms. The van der Waals surface area contributed by atoms with Crippen LogP contribution in [-0.4, -0.2) is 5.11 Å². The van der Waals surface area contributed by atoms with Crippen molar-refractivity contribution >= 4 is 26.9 Å². The van der Waals surface area contributed by atoms with Crippen LogP contribution in [0.5, 0.6) is 11.5 Å². The van der Waals surface area contributed by atoms with Gasteiger partial charge in [0.1, 0.15) is 29.4 Å². The van der Waals surface area contributed by atoms with Crippen LogP contribution in [0.25, 0.3) is 11.0 Å². The van der Waals surface area contributed by atoms with Gasteiger partial charge in [0.05, 0.1) is 4.47 Å². The average Bonchev–Trinajstić information content (AvgIpc) is 2.81. The molecule has 0 aliphatic rings. The van der Waals surface area contributed by atoms with Crippen LogP contribution in [0.15, 0.2) is 57.4 Å². The van der Waals surface area contributed by atoms with Crippen molar-refractivity contribution in [3.63, 3.8) is 0 Å². The van der Waals surface area contributed by atoms with Crippen LogP contribution in [0.4, 0.5) is 0 Å². The Morgan fingerprint density at radius 1 is 1.11 bits per heavy atom. The number of ether oxygens (including phenoxy) is 1. The normalized spacial score (nSPS) is 10.8. The molecule has 1 heterocycles. The fourth-order valence-corrected chi connectivity index (χ4v) is 2.34. The second-order valence-electron chi connectivity index (χ2n) is 4.16. The number of hydrogen-bond donors (Lipinski definition) is 1. The summed E-state index contributed by atoms with van der Waals surface area (Å²) in [6.07, 6.45) is 0. The number of rotatable bonds is 3. The summed E-state index contributed by atoms with van der Waals surface area (Å²) >= 11 is 3.45. The zero-order chi connectivity index (χ0) is 13.2. The summed E-state index contributed by atoms with van der Waals surface area (Å²) in [7, 11) is 0. The largest absolute Gasteiger partial charge is 0.508 e. The first-order valence-corrected chi connectivity index (χ1v) is 6.60. The van der Waals surface area contributed by atoms with E-state index in [1.807, 2.05) is 24.3 Å². The lowest BCUT2D eigenvalue weighted by molar-refractivity contribution is 0.273. The van der Waals surface area contributed by atoms with Gasteiger partial charge in [-0.3, -0.25) is 0 Å². The highest BCUT2D eigenvalue weighted by Gasteiger charge is 2.07. The van der Waals surface area contributed by atoms with Gasteiger partial charge in [0.25, 0.3) is 0 Å². The van der Waals surface area contributed by atoms with Gasteiger partial charge in [-0.25, -0.2) is 0 Å². The van der Waals surface area contributed by atoms with Gasteiger partial charge in [0.15, 0.2) is 0 Å². The summed E-state index contributed by atoms with van der Waals surface area (Å²) in [6, 6.07) is 14.5. The Morgan fingerprint density at radius 2 is 1.95 bits per heavy atom. The van der Waals surface area contributed by atoms with Crippen LogP contribution in [0.1, 0.15) is 5.76 Å². The molecule has 1 N–H and O–H groups in total. The van der Waals surface area contributed by atoms with Crippen LogP contribution < -0.4 is 4.74 Å². The monoisotopic (exact) mass is 318 g/mol. The average molecular weight is 319 g/mol. The second-order valence-corrected chi connectivity index (χ2v) is 5.01. The summed E-state index contributed by atoms with van der Waals surface area (Å²) < 4.78 is 12.2. The van der Waals surface area contributed by atoms with E-state index in [-0.39, 0.29) is 5.75 Å². The van der Waals surface area contributed by atoms with Gasteiger partial charge in [0.2, 0.25) is 0 Å². The molecule has 0 fully saturated rings. The highest BCUT2D eigenvalue weighted by molar-refractivity contribution is 9.10. The number of phenols is 1. The van der Waals surface area contributed by atoms with Crippen LogP contribution in [0, 0.1) is 0 Å². The fourth-order valence-electron chi connectivity index (χ4n) is 1.88. The van der Waals surface area contributed by atoms with Gasteiger partial charge in [0, 0.05) is 11.5 Å². The highest BCUT2D eigenvalue weighted by atomic mass is 79.9. The zero-order valence-electron chi connectivity index (χ0n) is 9.97. The molecule has 0 bridgehead atoms. The van der Waals surface area contributed by atoms with Gasteiger partial charge < -0.3 is 14.3 Å². The molecule has 3 rings (SSSR count). The minimum absolute atomic E-state index is 0.185. The van der Waals surface area contributed by atoms with E-state index in [2.05, 4.69) is 15.9 Å². The Kier molecular flexibility index (Phi) is 3.17. The maximum absolute atomic E-state index is 9.35. The summed E-state index contributed by atoms with van der Waals surface area (Å²) in [5, 5.41) is 10.4. The van der Waals surface area contributed by atoms with Crippen LogP contribution in [0.2, 0.25) is 0 Å². The molecule has 0 radical (unpaired) electrons. The fraction of sp³-hybridized carbons (Fsp3) is 0.0667. The van der Waals surface area contributed by atoms with Crippen molar-refractivity contribution in [2.75, 3.05) is 0 Å². The molecule has 0 unspecified atom stereocenters. The molecule has 2 aromatic carbocycles. The van der Waals surface area contributed by atoms with E-state index in [1.165, 1.54) is 0 Å². The van der Waals surface area contributed by atoms with E-state index in [9.17, 15) is 5.11 Å². The standard InChI is InChI=1S/C15H11BrO3/c16-14-6-1-3-10-7-13(19-15(10)14)9-18-12-5-2-4-11(17)8-12/h1-8,17H,9H2. The summed E-state index contributed by atoms with van der Waals surface area (Å²) in [4.78, 5) is 0. The van der Waals surface area contributed by atoms with Gasteiger partial charge in [-0.05, 0) is 40.2 Å². The van der Waals surface area contributed by atoms with Crippen LogP contribution in [-0.2, 0) is 6.61 Å². The predicted octanol–water partition coefficient (Wildman–Crippen LogP) is 4.48. The van der Waals surface area contributed by atoms with E-state index in [0.717, 1.165) is 21.2 Å². The lowest BCUT2D eigenvalue weighted by atomic mass is 10.2. The molecule has 0 amide bonds. The Morgan fingerprint density at radius 3 is 2.74 bits per heavy atom. The van der Waals surface area contributed by atoms with Gasteiger partial charge in [-0.2, -0.15) is 0 Å². The van der Waals surface area contributed by atoms with Gasteiger partial charge in [-0.15, -0.1) is 0 Å². The molecular formula is C15H11BrO3. The number of hydrogen-bond acceptors (Lipinski definition) is 3. The second kappa shape index (κ2) is 4.97. The van der Waals surface area contributed by atoms with Crippen LogP contribution in [0.3, 0.4) is 0 Å². The van der Waals surface area contributed by atoms with E-state index < -0.39 is 0 Å². The molecule has 19 heavy (non-hydrogen) atoms. The Hall–Kier alpha value is -1.94. The first-order chi connectivity index (χ1) is 9.22. The number of halogens is 1. The minimum atomic E-state index is 0.185. The van der Waals surface area contributed by atoms with E-state index >= 15 is 0 Å². The molecule has 3 aromatic rings. The third-order valence-corrected chi connectivity index (χ3v) is 3.37. The third-order valence-electron chi connectivity index (χ3n) is 2.75. The molecule has 0 spiro atoms. The molecule has 0 aliphatic heterocycles. The van der Waals surface area contributed by atoms with Crippen LogP contribution >= 0.6 is 15.9 Å². The molecule has 0 saturated heterocycles. The van der Waals surface area contributed by atoms with Crippen molar-refractivity contribution in [2.45, 2.75) is 6.61 Å². The van der Waals surface area contributed by atoms with Crippen molar-refractivity contribution in [3.05, 3.63) is 58.8 Å². The molecular weight excluding hydrogens is 308 g/mol. The van der Waals surface area contributed by atoms with E-state index in [1.54, 1.807) is 24.3 Å². The summed E-state index contributed by atoms with van der Waals surface area (Å²) in [5.74, 6) is 1.54. The van der Waals surface area contributed by atoms with Crippen molar-refractivity contribution in [3.8, 4) is 11.5 Å². The number of fused-ring (bicyclic) bond motifs is 1. The summed E-state index contributed by atoms with van der Waals surface area (Å²) in [6.45, 7) is 0.324. The Labute approximate surface area is 118 Å². The quantitative estimate of drug-likeness (QED) is 0.774. The van der Waals surface area contributed by atoms with Crippen molar-refractivity contribution < 1.29 is 14.3 Å². The molecule has 0 atom stereocenters. The van der Waals surface area contributed by atoms with Crippen molar-refractivity contribution in [2.24, 2.45) is 0 Å². The SMILES string of the molecule is Oc1cccc(OCc2cc3cccc(Br)c3o2)c1. The smallest absolute Gasteiger partial charge is 0.148 e. The van der Waals surface area contributed by atoms with Crippen molar-refractivity contribution in [1.29, 1.82) is 0 Å². The molecule has 96 valence electrons. The lowest BCUT2D eigenvalue weighted by Gasteiger charge is -2.03. The minimum Gasteiger partial charge on any atom is -0.508 e. The maximum Gasteiger partial charge on any atom is 0.148 e. The van der Waals surface area contributed by atoms with E-state index in [4.69, 9.17) is 9.15 Å². The lowest BCUT2D eigenvalue weighted by Crippen LogP contribution is -1.92. The molecule has 3 nitrogen and oxygen atoms in total. The first-order valence-electron chi connectivity index (χ1n) is 5.81. The molecule has 1 aromatic heterocycles. The maximum atomic E-state index is 9.35. The number of benzene rings is 2. The zero-order valence-corrected chi connectivity index (χ0v) is 11.6. The third kappa shape index (κ3) is 2.58. The summed E-state index contributed by atoms with van der Waals surface area (Å²) in [5.41, 5.74) is 0.817. The van der Waals surface area contributed by atoms with E-state index in [0.29, 0.717) is 12.4 Å². The van der Waals surface area contributed by atoms with Gasteiger partial charge in [-0.1, -0.05) is 18.2 Å². The number of furan rings is 1. The molecule has 0 aliphatic carbocycles. The number of aromatic hydroxyl groups is 1. The number of para-hydroxylation sites is 1. The number of phenolic OH excluding ortho intramolecular Hbond substituents is 1. The topological polar surface area (TPSA) is 42.6 Å². The molecule has 0 saturated carbocycles. The first kappa shape index (κ1) is 12.1. The Balaban J connectivity index is 1.80. The van der Waals surface area contributed by atoms with Crippen molar-refractivity contribution in [1.82, 2.24) is 0 Å². The highest BCUT2D eigenvalue weighted by Crippen LogP contribution is 2.27. The van der Waals surface area contributed by atoms with Gasteiger partial charge >= 0.3 is 0 Å². The predicted molar refractivity (Wildman–Crippen MR) is 76.4 cm³/mol.